The fourth-order valence-electron chi connectivity index (χ4n) is 17.8. The highest BCUT2D eigenvalue weighted by molar-refractivity contribution is 5.98. The van der Waals surface area contributed by atoms with E-state index in [4.69, 9.17) is 4.74 Å². The van der Waals surface area contributed by atoms with Gasteiger partial charge in [0.25, 0.3) is 0 Å². The lowest BCUT2D eigenvalue weighted by molar-refractivity contribution is 0.415. The Morgan fingerprint density at radius 1 is 0.297 bits per heavy atom. The molecular formula is C107H94N10O. The molecule has 1 spiro atoms. The van der Waals surface area contributed by atoms with Gasteiger partial charge in [-0.25, -0.2) is 24.9 Å². The van der Waals surface area contributed by atoms with Gasteiger partial charge in [-0.1, -0.05) is 253 Å². The highest BCUT2D eigenvalue weighted by atomic mass is 16.5. The first kappa shape index (κ1) is 76.3. The first-order valence-electron chi connectivity index (χ1n) is 40.6. The number of hydrogen-bond acceptors (Lipinski definition) is 11. The summed E-state index contributed by atoms with van der Waals surface area (Å²) in [5.74, 6) is 5.15. The third kappa shape index (κ3) is 15.3. The number of nitrogens with one attached hydrogen (secondary N) is 5. The molecule has 11 nitrogen and oxygen atoms in total. The Morgan fingerprint density at radius 2 is 0.619 bits per heavy atom. The van der Waals surface area contributed by atoms with E-state index >= 15 is 0 Å². The molecule has 0 amide bonds. The molecule has 5 N–H and O–H groups in total. The van der Waals surface area contributed by atoms with E-state index in [2.05, 4.69) is 323 Å². The molecule has 6 aliphatic carbocycles. The average molecular weight is 1540 g/mol. The van der Waals surface area contributed by atoms with Crippen LogP contribution in [0.2, 0.25) is 0 Å². The molecule has 6 aliphatic rings. The molecule has 118 heavy (non-hydrogen) atoms. The molecule has 0 atom stereocenters. The summed E-state index contributed by atoms with van der Waals surface area (Å²) in [6.07, 6.45) is 22.6. The van der Waals surface area contributed by atoms with Crippen molar-refractivity contribution in [1.29, 1.82) is 0 Å². The van der Waals surface area contributed by atoms with Crippen LogP contribution in [-0.4, -0.2) is 32.0 Å². The number of ether oxygens (including phenoxy) is 1. The number of anilines is 10. The Morgan fingerprint density at radius 3 is 1.02 bits per heavy atom. The second kappa shape index (κ2) is 33.6. The molecule has 10 aromatic carbocycles. The van der Waals surface area contributed by atoms with Gasteiger partial charge in [0.2, 0.25) is 0 Å². The molecule has 5 heterocycles. The number of allylic oxidation sites excluding steroid dienone is 8. The normalized spacial score (nSPS) is 14.3. The van der Waals surface area contributed by atoms with Crippen molar-refractivity contribution < 1.29 is 4.74 Å². The number of hydrogen-bond donors (Lipinski definition) is 5. The quantitative estimate of drug-likeness (QED) is 0.0755. The van der Waals surface area contributed by atoms with E-state index in [9.17, 15) is 0 Å². The monoisotopic (exact) mass is 1530 g/mol. The molecule has 0 saturated carbocycles. The Kier molecular flexibility index (Phi) is 21.8. The van der Waals surface area contributed by atoms with Crippen LogP contribution in [0, 0.1) is 0 Å². The van der Waals surface area contributed by atoms with Gasteiger partial charge >= 0.3 is 0 Å². The summed E-state index contributed by atoms with van der Waals surface area (Å²) < 4.78 is 5.08. The number of fused-ring (bicyclic) bond motifs is 14. The van der Waals surface area contributed by atoms with Crippen LogP contribution in [0.15, 0.2) is 394 Å². The molecule has 11 heteroatoms. The number of rotatable bonds is 13. The number of aromatic nitrogens is 5. The predicted molar refractivity (Wildman–Crippen MR) is 488 cm³/mol. The maximum absolute atomic E-state index is 5.08. The summed E-state index contributed by atoms with van der Waals surface area (Å²) in [4.78, 5) is 21.7. The van der Waals surface area contributed by atoms with E-state index in [1.807, 2.05) is 128 Å². The zero-order valence-corrected chi connectivity index (χ0v) is 67.3. The Bertz CT molecular complexity index is 5950. The second-order valence-corrected chi connectivity index (χ2v) is 31.7. The van der Waals surface area contributed by atoms with E-state index in [0.29, 0.717) is 0 Å². The largest absolute Gasteiger partial charge is 0.497 e. The smallest absolute Gasteiger partial charge is 0.130 e. The van der Waals surface area contributed by atoms with Crippen molar-refractivity contribution in [2.75, 3.05) is 33.7 Å². The van der Waals surface area contributed by atoms with Gasteiger partial charge in [-0.05, 0) is 270 Å². The fourth-order valence-corrected chi connectivity index (χ4v) is 17.8. The van der Waals surface area contributed by atoms with Crippen LogP contribution in [0.1, 0.15) is 121 Å². The van der Waals surface area contributed by atoms with E-state index in [-0.39, 0.29) is 21.7 Å². The molecule has 0 bridgehead atoms. The van der Waals surface area contributed by atoms with Crippen molar-refractivity contribution >= 4 is 68.7 Å². The highest BCUT2D eigenvalue weighted by Gasteiger charge is 2.53. The van der Waals surface area contributed by atoms with Crippen molar-refractivity contribution in [2.45, 2.75) is 82.0 Å². The van der Waals surface area contributed by atoms with E-state index in [0.717, 1.165) is 89.0 Å². The van der Waals surface area contributed by atoms with Gasteiger partial charge in [0.05, 0.1) is 17.9 Å². The Labute approximate surface area is 692 Å². The van der Waals surface area contributed by atoms with Gasteiger partial charge in [-0.2, -0.15) is 0 Å². The summed E-state index contributed by atoms with van der Waals surface area (Å²) in [6.45, 7) is 11.2. The standard InChI is InChI=1S/C30H22N2.C30H24N2.C20H18N2.C15H18N2.C12H12N2O/c1-4-12-25-21(9-1)22-10-2-5-13-26(22)30(25)27-14-6-3-11-23(27)24-17-16-20(19-28(24)30)32-29-15-7-8-18-31-29;1-3-11-22(12-4-1)30(23-13-5-2-6-14-23)27-16-8-7-15-25(27)26-19-18-24(21-28(26)30)32-29-17-9-10-20-31-29;1-20(2)17-8-4-3-7-15(17)16-11-10-14(13-18(16)20)22-19-9-5-6-12-21-19;1-15(2,3)12-7-9-13(10-8-12)17-14-6-4-5-11-16-14;1-15-11-7-5-10(6-8-11)14-12-4-2-3-9-13-12/h1-5,7-13,15-19H,6,14H2,(H,31,32);1-7,9-15,17-21H,8,16H2,(H,31,32);3-13H,1-2H3,(H,21,22);4-11H,1-3H3,(H,16,17);2-9H,1H3,(H,13,14). The molecule has 21 rings (SSSR count). The number of pyridine rings is 5. The van der Waals surface area contributed by atoms with Gasteiger partial charge in [0.15, 0.2) is 0 Å². The predicted octanol–water partition coefficient (Wildman–Crippen LogP) is 26.6. The first-order chi connectivity index (χ1) is 57.8. The van der Waals surface area contributed by atoms with Crippen LogP contribution in [0.5, 0.6) is 5.75 Å². The van der Waals surface area contributed by atoms with Gasteiger partial charge < -0.3 is 31.3 Å². The van der Waals surface area contributed by atoms with Crippen LogP contribution in [0.3, 0.4) is 0 Å². The van der Waals surface area contributed by atoms with Gasteiger partial charge in [-0.15, -0.1) is 0 Å². The van der Waals surface area contributed by atoms with Gasteiger partial charge in [-0.3, -0.25) is 0 Å². The fraction of sp³-hybridized carbons (Fsp3) is 0.131. The minimum atomic E-state index is -0.292. The molecule has 0 aliphatic heterocycles. The maximum atomic E-state index is 5.08. The van der Waals surface area contributed by atoms with Crippen molar-refractivity contribution in [2.24, 2.45) is 0 Å². The van der Waals surface area contributed by atoms with Crippen molar-refractivity contribution in [3.05, 3.63) is 455 Å². The molecule has 15 aromatic rings. The van der Waals surface area contributed by atoms with E-state index in [1.165, 1.54) is 100 Å². The van der Waals surface area contributed by atoms with Gasteiger partial charge in [0, 0.05) is 64.8 Å². The average Bonchev–Trinajstić information content (AvgIpc) is 1.51. The summed E-state index contributed by atoms with van der Waals surface area (Å²) in [7, 11) is 1.65. The molecular weight excluding hydrogens is 1440 g/mol. The molecule has 0 saturated heterocycles. The third-order valence-corrected chi connectivity index (χ3v) is 23.2. The topological polar surface area (TPSA) is 134 Å². The maximum Gasteiger partial charge on any atom is 0.130 e. The summed E-state index contributed by atoms with van der Waals surface area (Å²) in [6, 6.07) is 114. The summed E-state index contributed by atoms with van der Waals surface area (Å²) in [5, 5.41) is 16.9. The lowest BCUT2D eigenvalue weighted by Gasteiger charge is -2.36. The second-order valence-electron chi connectivity index (χ2n) is 31.7. The summed E-state index contributed by atoms with van der Waals surface area (Å²) in [5.41, 5.74) is 31.2. The number of methoxy groups -OCH3 is 1. The SMILES string of the molecule is C1=CC2=C(CC1)C(c1ccccc1)(c1ccccc1)c1cc(Nc3ccccn3)ccc12.C1=CC2=C(CC1)C1(c3cc(Nc4ccccn4)ccc32)c2ccccc2-c2ccccc21.CC(C)(C)c1ccc(Nc2ccccn2)cc1.CC1(C)c2ccccc2-c2ccc(Nc3ccccn3)cc21.COc1ccc(Nc2ccccn2)cc1. The highest BCUT2D eigenvalue weighted by Crippen LogP contribution is 2.64. The first-order valence-corrected chi connectivity index (χ1v) is 40.6. The minimum absolute atomic E-state index is 0.0354. The van der Waals surface area contributed by atoms with Crippen molar-refractivity contribution in [3.8, 4) is 28.0 Å². The lowest BCUT2D eigenvalue weighted by Crippen LogP contribution is -2.30. The molecule has 5 aromatic heterocycles. The Balaban J connectivity index is 0.000000109. The molecule has 578 valence electrons. The van der Waals surface area contributed by atoms with Crippen molar-refractivity contribution in [1.82, 2.24) is 24.9 Å². The van der Waals surface area contributed by atoms with E-state index < -0.39 is 0 Å². The molecule has 0 fully saturated rings. The van der Waals surface area contributed by atoms with Gasteiger partial charge in [0.1, 0.15) is 34.8 Å². The zero-order chi connectivity index (χ0) is 80.5. The van der Waals surface area contributed by atoms with Crippen LogP contribution >= 0.6 is 0 Å². The molecule has 0 unspecified atom stereocenters. The van der Waals surface area contributed by atoms with Crippen molar-refractivity contribution in [3.63, 3.8) is 0 Å². The van der Waals surface area contributed by atoms with Crippen LogP contribution < -0.4 is 31.3 Å². The lowest BCUT2D eigenvalue weighted by atomic mass is 9.65. The van der Waals surface area contributed by atoms with Crippen LogP contribution in [0.25, 0.3) is 33.4 Å². The number of benzene rings is 10. The number of nitrogens with zero attached hydrogens (tertiary/aromatic N) is 5. The Hall–Kier alpha value is -14.3. The molecule has 0 radical (unpaired) electrons. The van der Waals surface area contributed by atoms with Crippen LogP contribution in [0.4, 0.5) is 57.5 Å². The third-order valence-electron chi connectivity index (χ3n) is 23.2. The van der Waals surface area contributed by atoms with E-state index in [1.54, 1.807) is 31.3 Å². The van der Waals surface area contributed by atoms with Crippen LogP contribution in [-0.2, 0) is 21.7 Å². The minimum Gasteiger partial charge on any atom is -0.497 e. The zero-order valence-electron chi connectivity index (χ0n) is 67.3. The summed E-state index contributed by atoms with van der Waals surface area (Å²) >= 11 is 0.